The molecule has 0 aliphatic carbocycles. The molecule has 0 aromatic heterocycles. The standard InChI is InChI=1S/C27H29NO4S/c1-20-26(2,32-20)27(29,18-17-21-11-5-3-6-12-21)24-19-28(25-16-10-9-15-23(24)25)33(30,31)22-13-7-4-8-14-22/h3-16,20,24,29H,17-19H2,1-2H3. The predicted octanol–water partition coefficient (Wildman–Crippen LogP) is 4.52. The Morgan fingerprint density at radius 3 is 2.21 bits per heavy atom. The summed E-state index contributed by atoms with van der Waals surface area (Å²) >= 11 is 0. The molecule has 5 nitrogen and oxygen atoms in total. The molecule has 2 heterocycles. The lowest BCUT2D eigenvalue weighted by Gasteiger charge is -2.38. The lowest BCUT2D eigenvalue weighted by Crippen LogP contribution is -2.51. The fourth-order valence-electron chi connectivity index (χ4n) is 5.26. The zero-order valence-corrected chi connectivity index (χ0v) is 19.7. The van der Waals surface area contributed by atoms with Gasteiger partial charge in [0.05, 0.1) is 16.7 Å². The molecule has 4 unspecified atom stereocenters. The third-order valence-electron chi connectivity index (χ3n) is 7.47. The van der Waals surface area contributed by atoms with Gasteiger partial charge in [-0.25, -0.2) is 8.42 Å². The summed E-state index contributed by atoms with van der Waals surface area (Å²) in [5, 5.41) is 12.3. The highest BCUT2D eigenvalue weighted by molar-refractivity contribution is 7.92. The molecule has 1 saturated heterocycles. The van der Waals surface area contributed by atoms with Gasteiger partial charge in [-0.05, 0) is 56.0 Å². The molecule has 2 aliphatic rings. The van der Waals surface area contributed by atoms with Gasteiger partial charge in [0.15, 0.2) is 0 Å². The summed E-state index contributed by atoms with van der Waals surface area (Å²) in [6.45, 7) is 4.08. The Labute approximate surface area is 195 Å². The topological polar surface area (TPSA) is 70.1 Å². The summed E-state index contributed by atoms with van der Waals surface area (Å²) in [6.07, 6.45) is 1.04. The van der Waals surface area contributed by atoms with E-state index in [1.165, 1.54) is 4.31 Å². The second kappa shape index (κ2) is 7.97. The quantitative estimate of drug-likeness (QED) is 0.523. The van der Waals surface area contributed by atoms with Gasteiger partial charge in [0.25, 0.3) is 10.0 Å². The number of benzene rings is 3. The summed E-state index contributed by atoms with van der Waals surface area (Å²) in [6, 6.07) is 26.0. The average Bonchev–Trinajstić information content (AvgIpc) is 3.28. The smallest absolute Gasteiger partial charge is 0.264 e. The zero-order valence-electron chi connectivity index (χ0n) is 18.9. The third-order valence-corrected chi connectivity index (χ3v) is 9.27. The molecular weight excluding hydrogens is 434 g/mol. The molecule has 3 aromatic carbocycles. The Balaban J connectivity index is 1.55. The number of hydrogen-bond donors (Lipinski definition) is 1. The minimum Gasteiger partial charge on any atom is -0.386 e. The number of epoxide rings is 1. The first kappa shape index (κ1) is 22.1. The second-order valence-corrected chi connectivity index (χ2v) is 11.1. The van der Waals surface area contributed by atoms with Gasteiger partial charge in [0, 0.05) is 12.5 Å². The maximum Gasteiger partial charge on any atom is 0.264 e. The van der Waals surface area contributed by atoms with E-state index in [9.17, 15) is 13.5 Å². The number of nitrogens with zero attached hydrogens (tertiary/aromatic N) is 1. The highest BCUT2D eigenvalue weighted by atomic mass is 32.2. The van der Waals surface area contributed by atoms with Crippen molar-refractivity contribution in [3.63, 3.8) is 0 Å². The first-order chi connectivity index (χ1) is 15.8. The molecule has 0 spiro atoms. The molecule has 0 bridgehead atoms. The van der Waals surface area contributed by atoms with Crippen LogP contribution in [0, 0.1) is 0 Å². The van der Waals surface area contributed by atoms with Gasteiger partial charge in [-0.15, -0.1) is 0 Å². The van der Waals surface area contributed by atoms with Crippen molar-refractivity contribution in [2.75, 3.05) is 10.8 Å². The van der Waals surface area contributed by atoms with E-state index in [4.69, 9.17) is 4.74 Å². The average molecular weight is 464 g/mol. The second-order valence-electron chi connectivity index (χ2n) is 9.24. The van der Waals surface area contributed by atoms with Crippen LogP contribution in [0.2, 0.25) is 0 Å². The molecule has 172 valence electrons. The highest BCUT2D eigenvalue weighted by Crippen LogP contribution is 2.56. The van der Waals surface area contributed by atoms with Gasteiger partial charge in [-0.2, -0.15) is 0 Å². The van der Waals surface area contributed by atoms with Crippen LogP contribution in [0.15, 0.2) is 89.8 Å². The molecule has 5 rings (SSSR count). The van der Waals surface area contributed by atoms with Crippen molar-refractivity contribution in [1.29, 1.82) is 0 Å². The van der Waals surface area contributed by atoms with Gasteiger partial charge in [-0.1, -0.05) is 66.7 Å². The van der Waals surface area contributed by atoms with Crippen LogP contribution in [-0.4, -0.2) is 37.4 Å². The van der Waals surface area contributed by atoms with E-state index in [1.807, 2.05) is 56.3 Å². The first-order valence-corrected chi connectivity index (χ1v) is 12.8. The third kappa shape index (κ3) is 3.57. The van der Waals surface area contributed by atoms with Gasteiger partial charge >= 0.3 is 0 Å². The van der Waals surface area contributed by atoms with E-state index in [2.05, 4.69) is 12.1 Å². The van der Waals surface area contributed by atoms with Crippen molar-refractivity contribution in [2.24, 2.45) is 0 Å². The molecule has 0 amide bonds. The monoisotopic (exact) mass is 463 g/mol. The minimum atomic E-state index is -3.77. The number of sulfonamides is 1. The summed E-state index contributed by atoms with van der Waals surface area (Å²) in [7, 11) is -3.77. The fraction of sp³-hybridized carbons (Fsp3) is 0.333. The van der Waals surface area contributed by atoms with Gasteiger partial charge in [0.1, 0.15) is 11.2 Å². The number of fused-ring (bicyclic) bond motifs is 1. The Morgan fingerprint density at radius 1 is 1.00 bits per heavy atom. The van der Waals surface area contributed by atoms with Gasteiger partial charge in [-0.3, -0.25) is 4.31 Å². The Morgan fingerprint density at radius 2 is 1.58 bits per heavy atom. The molecule has 33 heavy (non-hydrogen) atoms. The van der Waals surface area contributed by atoms with Crippen LogP contribution in [0.5, 0.6) is 0 Å². The van der Waals surface area contributed by atoms with Crippen LogP contribution in [0.1, 0.15) is 37.3 Å². The maximum absolute atomic E-state index is 13.6. The SMILES string of the molecule is CC1OC1(C)C(O)(CCc1ccccc1)C1CN(S(=O)(=O)c2ccccc2)c2ccccc21. The number of para-hydroxylation sites is 1. The lowest BCUT2D eigenvalue weighted by atomic mass is 9.70. The summed E-state index contributed by atoms with van der Waals surface area (Å²) in [4.78, 5) is 0.246. The van der Waals surface area contributed by atoms with Crippen LogP contribution in [-0.2, 0) is 21.2 Å². The largest absolute Gasteiger partial charge is 0.386 e. The maximum atomic E-state index is 13.6. The number of aryl methyl sites for hydroxylation is 1. The Kier molecular flexibility index (Phi) is 5.35. The first-order valence-electron chi connectivity index (χ1n) is 11.4. The van der Waals surface area contributed by atoms with Crippen LogP contribution in [0.25, 0.3) is 0 Å². The van der Waals surface area contributed by atoms with E-state index >= 15 is 0 Å². The number of rotatable bonds is 7. The Hall–Kier alpha value is -2.67. The normalized spacial score (nSPS) is 26.0. The molecule has 6 heteroatoms. The molecule has 4 atom stereocenters. The van der Waals surface area contributed by atoms with Crippen molar-refractivity contribution >= 4 is 15.7 Å². The summed E-state index contributed by atoms with van der Waals surface area (Å²) in [5.41, 5.74) is 0.622. The lowest BCUT2D eigenvalue weighted by molar-refractivity contribution is -0.0562. The number of anilines is 1. The molecule has 1 fully saturated rings. The van der Waals surface area contributed by atoms with Crippen LogP contribution < -0.4 is 4.31 Å². The Bertz CT molecular complexity index is 1250. The number of hydrogen-bond acceptors (Lipinski definition) is 4. The van der Waals surface area contributed by atoms with E-state index < -0.39 is 27.1 Å². The minimum absolute atomic E-state index is 0.106. The predicted molar refractivity (Wildman–Crippen MR) is 129 cm³/mol. The summed E-state index contributed by atoms with van der Waals surface area (Å²) < 4.78 is 34.6. The van der Waals surface area contributed by atoms with Crippen molar-refractivity contribution in [3.8, 4) is 0 Å². The molecule has 0 radical (unpaired) electrons. The van der Waals surface area contributed by atoms with Crippen molar-refractivity contribution < 1.29 is 18.3 Å². The van der Waals surface area contributed by atoms with E-state index in [-0.39, 0.29) is 17.5 Å². The molecule has 1 N–H and O–H groups in total. The molecular formula is C27H29NO4S. The van der Waals surface area contributed by atoms with Crippen molar-refractivity contribution in [1.82, 2.24) is 0 Å². The van der Waals surface area contributed by atoms with Gasteiger partial charge < -0.3 is 9.84 Å². The molecule has 2 aliphatic heterocycles. The van der Waals surface area contributed by atoms with Crippen LogP contribution in [0.4, 0.5) is 5.69 Å². The number of aliphatic hydroxyl groups is 1. The zero-order chi connectivity index (χ0) is 23.3. The van der Waals surface area contributed by atoms with E-state index in [0.717, 1.165) is 11.1 Å². The molecule has 3 aromatic rings. The number of ether oxygens (including phenoxy) is 1. The van der Waals surface area contributed by atoms with Crippen LogP contribution >= 0.6 is 0 Å². The fourth-order valence-corrected chi connectivity index (χ4v) is 6.79. The summed E-state index contributed by atoms with van der Waals surface area (Å²) in [5.74, 6) is -0.411. The van der Waals surface area contributed by atoms with Gasteiger partial charge in [0.2, 0.25) is 0 Å². The van der Waals surface area contributed by atoms with E-state index in [0.29, 0.717) is 18.5 Å². The molecule has 0 saturated carbocycles. The van der Waals surface area contributed by atoms with Crippen molar-refractivity contribution in [2.45, 2.75) is 54.8 Å². The highest BCUT2D eigenvalue weighted by Gasteiger charge is 2.67. The van der Waals surface area contributed by atoms with E-state index in [1.54, 1.807) is 30.3 Å². The van der Waals surface area contributed by atoms with Crippen molar-refractivity contribution in [3.05, 3.63) is 96.1 Å². The van der Waals surface area contributed by atoms with Crippen LogP contribution in [0.3, 0.4) is 0 Å².